The first kappa shape index (κ1) is 19.6. The van der Waals surface area contributed by atoms with Gasteiger partial charge in [-0.05, 0) is 30.3 Å². The van der Waals surface area contributed by atoms with Crippen LogP contribution in [0.5, 0.6) is 5.75 Å². The number of carbonyl (C=O) groups is 1. The SMILES string of the molecule is CS(=O)(=O)NC(=O)c1cc(F)c(COc2ccc(Cl)c(C#N)c2)cc1F. The molecule has 0 aliphatic carbocycles. The van der Waals surface area contributed by atoms with Crippen LogP contribution in [0.25, 0.3) is 0 Å². The van der Waals surface area contributed by atoms with Gasteiger partial charge in [0.1, 0.15) is 30.1 Å². The zero-order valence-electron chi connectivity index (χ0n) is 13.2. The fourth-order valence-corrected chi connectivity index (χ4v) is 2.54. The highest BCUT2D eigenvalue weighted by Crippen LogP contribution is 2.23. The van der Waals surface area contributed by atoms with E-state index in [-0.39, 0.29) is 28.5 Å². The lowest BCUT2D eigenvalue weighted by Gasteiger charge is -2.10. The van der Waals surface area contributed by atoms with Gasteiger partial charge in [-0.1, -0.05) is 11.6 Å². The van der Waals surface area contributed by atoms with E-state index in [0.29, 0.717) is 12.3 Å². The Balaban J connectivity index is 2.20. The number of amides is 1. The summed E-state index contributed by atoms with van der Waals surface area (Å²) in [7, 11) is -3.92. The Morgan fingerprint density at radius 1 is 1.27 bits per heavy atom. The summed E-state index contributed by atoms with van der Waals surface area (Å²) in [5.41, 5.74) is -0.801. The van der Waals surface area contributed by atoms with Crippen LogP contribution >= 0.6 is 11.6 Å². The average molecular weight is 401 g/mol. The fourth-order valence-electron chi connectivity index (χ4n) is 1.94. The number of nitrogens with one attached hydrogen (secondary N) is 1. The van der Waals surface area contributed by atoms with Crippen LogP contribution in [0.3, 0.4) is 0 Å². The molecule has 2 aromatic rings. The Hall–Kier alpha value is -2.70. The summed E-state index contributed by atoms with van der Waals surface area (Å²) in [5, 5.41) is 9.11. The van der Waals surface area contributed by atoms with Crippen LogP contribution in [0.15, 0.2) is 30.3 Å². The Morgan fingerprint density at radius 2 is 1.96 bits per heavy atom. The van der Waals surface area contributed by atoms with Crippen molar-refractivity contribution in [2.45, 2.75) is 6.61 Å². The lowest BCUT2D eigenvalue weighted by atomic mass is 10.1. The highest BCUT2D eigenvalue weighted by molar-refractivity contribution is 7.89. The van der Waals surface area contributed by atoms with E-state index in [9.17, 15) is 22.0 Å². The van der Waals surface area contributed by atoms with Crippen LogP contribution in [0.1, 0.15) is 21.5 Å². The topological polar surface area (TPSA) is 96.3 Å². The third-order valence-corrected chi connectivity index (χ3v) is 4.00. The van der Waals surface area contributed by atoms with E-state index in [1.54, 1.807) is 4.72 Å². The van der Waals surface area contributed by atoms with Crippen LogP contribution in [-0.2, 0) is 16.6 Å². The first-order valence-electron chi connectivity index (χ1n) is 6.93. The zero-order chi connectivity index (χ0) is 19.5. The molecule has 0 spiro atoms. The molecule has 0 atom stereocenters. The third kappa shape index (κ3) is 4.91. The van der Waals surface area contributed by atoms with Crippen molar-refractivity contribution in [2.24, 2.45) is 0 Å². The molecule has 0 saturated carbocycles. The Morgan fingerprint density at radius 3 is 2.58 bits per heavy atom. The van der Waals surface area contributed by atoms with Gasteiger partial charge in [0.05, 0.1) is 22.4 Å². The lowest BCUT2D eigenvalue weighted by molar-refractivity contribution is 0.0977. The third-order valence-electron chi connectivity index (χ3n) is 3.11. The number of hydrogen-bond donors (Lipinski definition) is 1. The Labute approximate surface area is 153 Å². The van der Waals surface area contributed by atoms with Gasteiger partial charge in [0.25, 0.3) is 5.91 Å². The molecule has 2 aromatic carbocycles. The van der Waals surface area contributed by atoms with Gasteiger partial charge in [-0.3, -0.25) is 4.79 Å². The molecule has 1 N–H and O–H groups in total. The van der Waals surface area contributed by atoms with Crippen LogP contribution in [0, 0.1) is 23.0 Å². The number of halogens is 3. The normalized spacial score (nSPS) is 10.9. The monoisotopic (exact) mass is 400 g/mol. The van der Waals surface area contributed by atoms with Gasteiger partial charge in [0.15, 0.2) is 0 Å². The lowest BCUT2D eigenvalue weighted by Crippen LogP contribution is -2.30. The van der Waals surface area contributed by atoms with Crippen molar-refractivity contribution in [3.63, 3.8) is 0 Å². The molecule has 0 saturated heterocycles. The maximum atomic E-state index is 14.1. The standard InChI is InChI=1S/C16H11ClF2N2O4S/c1-26(23,24)21-16(22)12-6-14(18)10(5-15(12)19)8-25-11-2-3-13(17)9(4-11)7-20/h2-6H,8H2,1H3,(H,21,22). The molecule has 6 nitrogen and oxygen atoms in total. The maximum absolute atomic E-state index is 14.1. The van der Waals surface area contributed by atoms with Gasteiger partial charge >= 0.3 is 0 Å². The van der Waals surface area contributed by atoms with Crippen molar-refractivity contribution in [1.29, 1.82) is 5.26 Å². The molecular weight excluding hydrogens is 390 g/mol. The van der Waals surface area contributed by atoms with Gasteiger partial charge in [-0.2, -0.15) is 5.26 Å². The van der Waals surface area contributed by atoms with E-state index >= 15 is 0 Å². The van der Waals surface area contributed by atoms with Crippen molar-refractivity contribution >= 4 is 27.5 Å². The van der Waals surface area contributed by atoms with Crippen LogP contribution in [0.4, 0.5) is 8.78 Å². The second-order valence-corrected chi connectivity index (χ2v) is 7.32. The average Bonchev–Trinajstić information content (AvgIpc) is 2.54. The molecule has 10 heteroatoms. The first-order valence-corrected chi connectivity index (χ1v) is 9.20. The predicted molar refractivity (Wildman–Crippen MR) is 89.2 cm³/mol. The number of ether oxygens (including phenoxy) is 1. The Bertz CT molecular complexity index is 1020. The van der Waals surface area contributed by atoms with E-state index < -0.39 is 33.1 Å². The second-order valence-electron chi connectivity index (χ2n) is 5.17. The molecule has 0 aromatic heterocycles. The van der Waals surface area contributed by atoms with Crippen LogP contribution < -0.4 is 9.46 Å². The highest BCUT2D eigenvalue weighted by atomic mass is 35.5. The zero-order valence-corrected chi connectivity index (χ0v) is 14.8. The number of nitrogens with zero attached hydrogens (tertiary/aromatic N) is 1. The summed E-state index contributed by atoms with van der Waals surface area (Å²) in [6.45, 7) is -0.386. The van der Waals surface area contributed by atoms with Crippen molar-refractivity contribution < 1.29 is 26.7 Å². The van der Waals surface area contributed by atoms with E-state index in [0.717, 1.165) is 6.07 Å². The van der Waals surface area contributed by atoms with Gasteiger partial charge in [0.2, 0.25) is 10.0 Å². The smallest absolute Gasteiger partial charge is 0.267 e. The summed E-state index contributed by atoms with van der Waals surface area (Å²) in [6, 6.07) is 7.37. The van der Waals surface area contributed by atoms with Crippen LogP contribution in [-0.4, -0.2) is 20.6 Å². The number of rotatable bonds is 5. The van der Waals surface area contributed by atoms with Gasteiger partial charge < -0.3 is 4.74 Å². The number of carbonyl (C=O) groups excluding carboxylic acids is 1. The largest absolute Gasteiger partial charge is 0.489 e. The molecule has 26 heavy (non-hydrogen) atoms. The summed E-state index contributed by atoms with van der Waals surface area (Å²) >= 11 is 5.78. The van der Waals surface area contributed by atoms with Crippen molar-refractivity contribution in [3.05, 3.63) is 63.7 Å². The first-order chi connectivity index (χ1) is 12.1. The molecule has 2 rings (SSSR count). The molecule has 0 heterocycles. The molecule has 1 amide bonds. The summed E-state index contributed by atoms with van der Waals surface area (Å²) < 4.78 is 57.0. The molecule has 0 bridgehead atoms. The van der Waals surface area contributed by atoms with E-state index in [4.69, 9.17) is 21.6 Å². The van der Waals surface area contributed by atoms with Crippen molar-refractivity contribution in [3.8, 4) is 11.8 Å². The predicted octanol–water partition coefficient (Wildman–Crippen LogP) is 2.76. The molecular formula is C16H11ClF2N2O4S. The van der Waals surface area contributed by atoms with Crippen molar-refractivity contribution in [2.75, 3.05) is 6.26 Å². The highest BCUT2D eigenvalue weighted by Gasteiger charge is 2.19. The molecule has 0 fully saturated rings. The summed E-state index contributed by atoms with van der Waals surface area (Å²) in [6.07, 6.45) is 0.711. The number of sulfonamides is 1. The number of nitriles is 1. The molecule has 0 radical (unpaired) electrons. The molecule has 136 valence electrons. The number of hydrogen-bond acceptors (Lipinski definition) is 5. The van der Waals surface area contributed by atoms with E-state index in [1.807, 2.05) is 6.07 Å². The van der Waals surface area contributed by atoms with E-state index in [1.165, 1.54) is 18.2 Å². The maximum Gasteiger partial charge on any atom is 0.267 e. The summed E-state index contributed by atoms with van der Waals surface area (Å²) in [4.78, 5) is 11.7. The molecule has 0 aliphatic rings. The number of benzene rings is 2. The summed E-state index contributed by atoms with van der Waals surface area (Å²) in [5.74, 6) is -3.14. The molecule has 0 aliphatic heterocycles. The quantitative estimate of drug-likeness (QED) is 0.832. The van der Waals surface area contributed by atoms with E-state index in [2.05, 4.69) is 0 Å². The van der Waals surface area contributed by atoms with Crippen molar-refractivity contribution in [1.82, 2.24) is 4.72 Å². The minimum Gasteiger partial charge on any atom is -0.489 e. The second kappa shape index (κ2) is 7.68. The minimum atomic E-state index is -3.92. The van der Waals surface area contributed by atoms with Crippen LogP contribution in [0.2, 0.25) is 5.02 Å². The van der Waals surface area contributed by atoms with Gasteiger partial charge in [-0.25, -0.2) is 21.9 Å². The Kier molecular flexibility index (Phi) is 5.79. The minimum absolute atomic E-state index is 0.156. The molecule has 0 unspecified atom stereocenters. The van der Waals surface area contributed by atoms with Gasteiger partial charge in [0, 0.05) is 5.56 Å². The fraction of sp³-hybridized carbons (Fsp3) is 0.125. The van der Waals surface area contributed by atoms with Gasteiger partial charge in [-0.15, -0.1) is 0 Å².